The zero-order valence-corrected chi connectivity index (χ0v) is 20.7. The first-order valence-corrected chi connectivity index (χ1v) is 12.3. The van der Waals surface area contributed by atoms with E-state index in [0.29, 0.717) is 12.0 Å². The minimum atomic E-state index is -4.89. The molecule has 5 heteroatoms. The number of rotatable bonds is 7. The van der Waals surface area contributed by atoms with E-state index in [2.05, 4.69) is 19.1 Å². The van der Waals surface area contributed by atoms with Crippen LogP contribution in [0, 0.1) is 11.6 Å². The highest BCUT2D eigenvalue weighted by Gasteiger charge is 2.37. The van der Waals surface area contributed by atoms with Crippen LogP contribution < -0.4 is 0 Å². The number of halogens is 5. The van der Waals surface area contributed by atoms with Gasteiger partial charge in [-0.15, -0.1) is 0 Å². The average Bonchev–Trinajstić information content (AvgIpc) is 2.88. The average molecular weight is 507 g/mol. The predicted molar refractivity (Wildman–Crippen MR) is 141 cm³/mol. The van der Waals surface area contributed by atoms with E-state index >= 15 is 8.78 Å². The van der Waals surface area contributed by atoms with Gasteiger partial charge in [0.15, 0.2) is 0 Å². The third-order valence-corrected chi connectivity index (χ3v) is 6.38. The maximum Gasteiger partial charge on any atom is 0.419 e. The molecule has 0 fully saturated rings. The molecular weight excluding hydrogens is 479 g/mol. The van der Waals surface area contributed by atoms with Crippen LogP contribution in [0.3, 0.4) is 0 Å². The maximum absolute atomic E-state index is 15.2. The molecule has 0 saturated carbocycles. The lowest BCUT2D eigenvalue weighted by atomic mass is 9.94. The molecule has 0 nitrogen and oxygen atoms in total. The molecule has 0 bridgehead atoms. The molecule has 0 amide bonds. The first-order chi connectivity index (χ1) is 17.7. The van der Waals surface area contributed by atoms with E-state index < -0.39 is 23.4 Å². The van der Waals surface area contributed by atoms with Gasteiger partial charge >= 0.3 is 6.18 Å². The third-order valence-electron chi connectivity index (χ3n) is 6.38. The van der Waals surface area contributed by atoms with Crippen molar-refractivity contribution < 1.29 is 22.0 Å². The molecule has 4 rings (SSSR count). The SMILES string of the molecule is CCC/C=C/c1ccc(-c2ccc(-c3ccc(-c4ccc(CC)cc4)cc3)c(F)c2)c(F)c1C(F)(F)F. The van der Waals surface area contributed by atoms with Crippen molar-refractivity contribution in [3.63, 3.8) is 0 Å². The fraction of sp³-hybridized carbons (Fsp3) is 0.188. The van der Waals surface area contributed by atoms with Crippen LogP contribution in [0.25, 0.3) is 39.5 Å². The van der Waals surface area contributed by atoms with Crippen LogP contribution in [0.2, 0.25) is 0 Å². The van der Waals surface area contributed by atoms with Crippen molar-refractivity contribution in [1.82, 2.24) is 0 Å². The second kappa shape index (κ2) is 11.1. The van der Waals surface area contributed by atoms with E-state index in [-0.39, 0.29) is 22.3 Å². The minimum absolute atomic E-state index is 0.0426. The van der Waals surface area contributed by atoms with Gasteiger partial charge in [0.1, 0.15) is 11.6 Å². The van der Waals surface area contributed by atoms with Crippen molar-refractivity contribution >= 4 is 6.08 Å². The fourth-order valence-corrected chi connectivity index (χ4v) is 4.31. The minimum Gasteiger partial charge on any atom is -0.206 e. The molecule has 0 saturated heterocycles. The molecule has 190 valence electrons. The lowest BCUT2D eigenvalue weighted by Gasteiger charge is -2.15. The molecule has 4 aromatic carbocycles. The summed E-state index contributed by atoms with van der Waals surface area (Å²) in [7, 11) is 0. The largest absolute Gasteiger partial charge is 0.419 e. The summed E-state index contributed by atoms with van der Waals surface area (Å²) >= 11 is 0. The Bertz CT molecular complexity index is 1400. The normalized spacial score (nSPS) is 11.9. The molecule has 0 spiro atoms. The molecular formula is C32H27F5. The van der Waals surface area contributed by atoms with Gasteiger partial charge < -0.3 is 0 Å². The Balaban J connectivity index is 1.66. The highest BCUT2D eigenvalue weighted by Crippen LogP contribution is 2.39. The van der Waals surface area contributed by atoms with Crippen LogP contribution in [0.4, 0.5) is 22.0 Å². The first-order valence-electron chi connectivity index (χ1n) is 12.3. The molecule has 0 heterocycles. The summed E-state index contributed by atoms with van der Waals surface area (Å²) in [6.07, 6.45) is 0.283. The van der Waals surface area contributed by atoms with Crippen molar-refractivity contribution in [1.29, 1.82) is 0 Å². The van der Waals surface area contributed by atoms with E-state index in [1.807, 2.05) is 31.2 Å². The highest BCUT2D eigenvalue weighted by molar-refractivity contribution is 5.75. The molecule has 0 aromatic heterocycles. The summed E-state index contributed by atoms with van der Waals surface area (Å²) in [4.78, 5) is 0. The predicted octanol–water partition coefficient (Wildman–Crippen LogP) is 10.4. The molecule has 0 N–H and O–H groups in total. The fourth-order valence-electron chi connectivity index (χ4n) is 4.31. The summed E-state index contributed by atoms with van der Waals surface area (Å²) in [5.41, 5.74) is 2.33. The Morgan fingerprint density at radius 3 is 1.81 bits per heavy atom. The number of benzene rings is 4. The summed E-state index contributed by atoms with van der Waals surface area (Å²) < 4.78 is 71.5. The zero-order valence-electron chi connectivity index (χ0n) is 20.7. The van der Waals surface area contributed by atoms with E-state index in [0.717, 1.165) is 30.0 Å². The van der Waals surface area contributed by atoms with Crippen molar-refractivity contribution in [3.8, 4) is 33.4 Å². The van der Waals surface area contributed by atoms with Gasteiger partial charge in [0, 0.05) is 11.1 Å². The Labute approximate surface area is 214 Å². The molecule has 0 aliphatic carbocycles. The van der Waals surface area contributed by atoms with Crippen LogP contribution in [-0.4, -0.2) is 0 Å². The van der Waals surface area contributed by atoms with E-state index in [1.54, 1.807) is 18.2 Å². The van der Waals surface area contributed by atoms with Gasteiger partial charge in [-0.2, -0.15) is 13.2 Å². The number of hydrogen-bond acceptors (Lipinski definition) is 0. The number of hydrogen-bond donors (Lipinski definition) is 0. The van der Waals surface area contributed by atoms with Crippen LogP contribution in [0.5, 0.6) is 0 Å². The van der Waals surface area contributed by atoms with Crippen LogP contribution in [-0.2, 0) is 12.6 Å². The zero-order chi connectivity index (χ0) is 26.6. The number of unbranched alkanes of at least 4 members (excludes halogenated alkanes) is 1. The standard InChI is InChI=1S/C32H27F5/c1-3-5-6-7-25-16-19-28(31(34)30(25)32(35,36)37)26-17-18-27(29(33)20-26)24-14-12-23(13-15-24)22-10-8-21(4-2)9-11-22/h6-20H,3-5H2,1-2H3/b7-6+. The number of allylic oxidation sites excluding steroid dienone is 1. The molecule has 0 aliphatic rings. The van der Waals surface area contributed by atoms with Crippen molar-refractivity contribution in [3.05, 3.63) is 113 Å². The Morgan fingerprint density at radius 2 is 1.24 bits per heavy atom. The van der Waals surface area contributed by atoms with Crippen LogP contribution >= 0.6 is 0 Å². The summed E-state index contributed by atoms with van der Waals surface area (Å²) in [6.45, 7) is 3.99. The van der Waals surface area contributed by atoms with Gasteiger partial charge in [0.25, 0.3) is 0 Å². The molecule has 37 heavy (non-hydrogen) atoms. The second-order valence-electron chi connectivity index (χ2n) is 8.90. The lowest BCUT2D eigenvalue weighted by molar-refractivity contribution is -0.140. The van der Waals surface area contributed by atoms with Crippen molar-refractivity contribution in [2.24, 2.45) is 0 Å². The van der Waals surface area contributed by atoms with Gasteiger partial charge in [-0.05, 0) is 52.3 Å². The smallest absolute Gasteiger partial charge is 0.206 e. The highest BCUT2D eigenvalue weighted by atomic mass is 19.4. The Morgan fingerprint density at radius 1 is 0.676 bits per heavy atom. The van der Waals surface area contributed by atoms with E-state index in [4.69, 9.17) is 0 Å². The number of aryl methyl sites for hydroxylation is 1. The molecule has 0 atom stereocenters. The molecule has 0 aliphatic heterocycles. The van der Waals surface area contributed by atoms with Crippen LogP contribution in [0.1, 0.15) is 43.4 Å². The van der Waals surface area contributed by atoms with Gasteiger partial charge in [-0.1, -0.05) is 105 Å². The van der Waals surface area contributed by atoms with E-state index in [1.165, 1.54) is 35.9 Å². The maximum atomic E-state index is 15.2. The van der Waals surface area contributed by atoms with Gasteiger partial charge in [0.05, 0.1) is 5.56 Å². The van der Waals surface area contributed by atoms with Gasteiger partial charge in [0.2, 0.25) is 0 Å². The topological polar surface area (TPSA) is 0 Å². The first kappa shape index (κ1) is 26.3. The van der Waals surface area contributed by atoms with Gasteiger partial charge in [-0.25, -0.2) is 8.78 Å². The van der Waals surface area contributed by atoms with E-state index in [9.17, 15) is 13.2 Å². The monoisotopic (exact) mass is 506 g/mol. The quantitative estimate of drug-likeness (QED) is 0.219. The number of alkyl halides is 3. The molecule has 0 radical (unpaired) electrons. The summed E-state index contributed by atoms with van der Waals surface area (Å²) in [6, 6.07) is 22.1. The van der Waals surface area contributed by atoms with Gasteiger partial charge in [-0.3, -0.25) is 0 Å². The molecule has 0 unspecified atom stereocenters. The summed E-state index contributed by atoms with van der Waals surface area (Å²) in [5, 5.41) is 0. The molecule has 4 aromatic rings. The van der Waals surface area contributed by atoms with Crippen molar-refractivity contribution in [2.45, 2.75) is 39.3 Å². The second-order valence-corrected chi connectivity index (χ2v) is 8.90. The Hall–Kier alpha value is -3.73. The van der Waals surface area contributed by atoms with Crippen molar-refractivity contribution in [2.75, 3.05) is 0 Å². The van der Waals surface area contributed by atoms with Crippen LogP contribution in [0.15, 0.2) is 84.9 Å². The third kappa shape index (κ3) is 5.82. The summed E-state index contributed by atoms with van der Waals surface area (Å²) in [5.74, 6) is -2.05. The Kier molecular flexibility index (Phi) is 7.91. The lowest BCUT2D eigenvalue weighted by Crippen LogP contribution is -2.11.